The van der Waals surface area contributed by atoms with E-state index in [4.69, 9.17) is 17.3 Å². The Bertz CT molecular complexity index is 812. The zero-order valence-electron chi connectivity index (χ0n) is 10.8. The van der Waals surface area contributed by atoms with Gasteiger partial charge >= 0.3 is 0 Å². The molecule has 8 heteroatoms. The van der Waals surface area contributed by atoms with Gasteiger partial charge < -0.3 is 5.73 Å². The lowest BCUT2D eigenvalue weighted by atomic mass is 10.2. The predicted octanol–water partition coefficient (Wildman–Crippen LogP) is 3.93. The molecule has 0 fully saturated rings. The Morgan fingerprint density at radius 3 is 2.57 bits per heavy atom. The average Bonchev–Trinajstić information content (AvgIpc) is 2.37. The van der Waals surface area contributed by atoms with Gasteiger partial charge in [0.15, 0.2) is 0 Å². The normalized spacial score (nSPS) is 11.4. The lowest BCUT2D eigenvalue weighted by molar-refractivity contribution is 0.600. The Kier molecular flexibility index (Phi) is 4.46. The van der Waals surface area contributed by atoms with Crippen LogP contribution < -0.4 is 10.5 Å². The molecule has 0 amide bonds. The fourth-order valence-corrected chi connectivity index (χ4v) is 3.74. The van der Waals surface area contributed by atoms with Crippen LogP contribution in [0, 0.1) is 12.7 Å². The molecule has 0 bridgehead atoms. The van der Waals surface area contributed by atoms with E-state index in [1.807, 2.05) is 0 Å². The topological polar surface area (TPSA) is 72.2 Å². The van der Waals surface area contributed by atoms with E-state index in [0.29, 0.717) is 5.56 Å². The van der Waals surface area contributed by atoms with Crippen molar-refractivity contribution in [2.24, 2.45) is 0 Å². The fourth-order valence-electron chi connectivity index (χ4n) is 1.72. The minimum absolute atomic E-state index is 0.0204. The number of nitrogens with one attached hydrogen (secondary N) is 1. The highest BCUT2D eigenvalue weighted by atomic mass is 79.9. The molecule has 21 heavy (non-hydrogen) atoms. The molecule has 3 N–H and O–H groups in total. The largest absolute Gasteiger partial charge is 0.398 e. The number of hydrogen-bond acceptors (Lipinski definition) is 3. The maximum absolute atomic E-state index is 13.2. The van der Waals surface area contributed by atoms with Crippen LogP contribution in [0.3, 0.4) is 0 Å². The summed E-state index contributed by atoms with van der Waals surface area (Å²) in [4.78, 5) is -0.0204. The van der Waals surface area contributed by atoms with Crippen LogP contribution >= 0.6 is 27.5 Å². The van der Waals surface area contributed by atoms with Gasteiger partial charge in [0.1, 0.15) is 5.82 Å². The van der Waals surface area contributed by atoms with Crippen LogP contribution in [0.5, 0.6) is 0 Å². The number of rotatable bonds is 3. The van der Waals surface area contributed by atoms with Gasteiger partial charge in [-0.1, -0.05) is 11.6 Å². The van der Waals surface area contributed by atoms with Gasteiger partial charge in [-0.15, -0.1) is 0 Å². The standard InChI is InChI=1S/C13H11BrClFN2O2S/c1-7-12(17)4-8(15)5-13(7)21(19,20)18-9-2-3-11(16)10(14)6-9/h2-6,18H,17H2,1H3. The van der Waals surface area contributed by atoms with E-state index in [1.54, 1.807) is 6.92 Å². The van der Waals surface area contributed by atoms with Crippen molar-refractivity contribution in [3.8, 4) is 0 Å². The van der Waals surface area contributed by atoms with Gasteiger partial charge in [-0.05, 0) is 58.7 Å². The summed E-state index contributed by atoms with van der Waals surface area (Å²) in [5.74, 6) is -0.485. The van der Waals surface area contributed by atoms with Crippen LogP contribution in [0.4, 0.5) is 15.8 Å². The van der Waals surface area contributed by atoms with E-state index in [9.17, 15) is 12.8 Å². The monoisotopic (exact) mass is 392 g/mol. The summed E-state index contributed by atoms with van der Waals surface area (Å²) in [5.41, 5.74) is 6.62. The summed E-state index contributed by atoms with van der Waals surface area (Å²) >= 11 is 8.84. The summed E-state index contributed by atoms with van der Waals surface area (Å²) < 4.78 is 40.5. The van der Waals surface area contributed by atoms with Crippen molar-refractivity contribution in [3.05, 3.63) is 51.2 Å². The molecular formula is C13H11BrClFN2O2S. The summed E-state index contributed by atoms with van der Waals surface area (Å²) in [7, 11) is -3.88. The van der Waals surface area contributed by atoms with Crippen molar-refractivity contribution < 1.29 is 12.8 Å². The maximum atomic E-state index is 13.2. The molecule has 2 rings (SSSR count). The van der Waals surface area contributed by atoms with Gasteiger partial charge in [0, 0.05) is 10.7 Å². The molecule has 0 aliphatic heterocycles. The van der Waals surface area contributed by atoms with E-state index >= 15 is 0 Å². The highest BCUT2D eigenvalue weighted by Crippen LogP contribution is 2.28. The maximum Gasteiger partial charge on any atom is 0.262 e. The Balaban J connectivity index is 2.45. The molecule has 112 valence electrons. The number of nitrogen functional groups attached to an aromatic ring is 1. The molecule has 2 aromatic rings. The molecule has 0 saturated carbocycles. The molecule has 0 radical (unpaired) electrons. The predicted molar refractivity (Wildman–Crippen MR) is 85.5 cm³/mol. The van der Waals surface area contributed by atoms with Gasteiger partial charge in [-0.2, -0.15) is 0 Å². The quantitative estimate of drug-likeness (QED) is 0.776. The number of sulfonamides is 1. The summed E-state index contributed by atoms with van der Waals surface area (Å²) in [6, 6.07) is 6.59. The van der Waals surface area contributed by atoms with Gasteiger partial charge in [-0.25, -0.2) is 12.8 Å². The smallest absolute Gasteiger partial charge is 0.262 e. The van der Waals surface area contributed by atoms with Crippen LogP contribution in [-0.4, -0.2) is 8.42 Å². The molecule has 0 aromatic heterocycles. The van der Waals surface area contributed by atoms with E-state index in [0.717, 1.165) is 6.07 Å². The first-order chi connectivity index (χ1) is 9.70. The highest BCUT2D eigenvalue weighted by Gasteiger charge is 2.19. The molecular weight excluding hydrogens is 383 g/mol. The zero-order chi connectivity index (χ0) is 15.8. The molecule has 0 saturated heterocycles. The molecule has 2 aromatic carbocycles. The number of benzene rings is 2. The average molecular weight is 394 g/mol. The third kappa shape index (κ3) is 3.48. The third-order valence-electron chi connectivity index (χ3n) is 2.83. The van der Waals surface area contributed by atoms with Crippen molar-refractivity contribution in [2.45, 2.75) is 11.8 Å². The Morgan fingerprint density at radius 1 is 1.29 bits per heavy atom. The number of nitrogens with two attached hydrogens (primary N) is 1. The fraction of sp³-hybridized carbons (Fsp3) is 0.0769. The van der Waals surface area contributed by atoms with E-state index in [1.165, 1.54) is 24.3 Å². The van der Waals surface area contributed by atoms with Gasteiger partial charge in [0.25, 0.3) is 10.0 Å². The van der Waals surface area contributed by atoms with Gasteiger partial charge in [-0.3, -0.25) is 4.72 Å². The molecule has 0 spiro atoms. The molecule has 0 unspecified atom stereocenters. The van der Waals surface area contributed by atoms with Crippen molar-refractivity contribution in [1.82, 2.24) is 0 Å². The van der Waals surface area contributed by atoms with E-state index < -0.39 is 15.8 Å². The highest BCUT2D eigenvalue weighted by molar-refractivity contribution is 9.10. The molecule has 0 aliphatic carbocycles. The summed E-state index contributed by atoms with van der Waals surface area (Å²) in [6.45, 7) is 1.58. The molecule has 4 nitrogen and oxygen atoms in total. The zero-order valence-corrected chi connectivity index (χ0v) is 14.0. The SMILES string of the molecule is Cc1c(N)cc(Cl)cc1S(=O)(=O)Nc1ccc(F)c(Br)c1. The van der Waals surface area contributed by atoms with Crippen molar-refractivity contribution in [1.29, 1.82) is 0 Å². The van der Waals surface area contributed by atoms with Crippen LogP contribution in [0.25, 0.3) is 0 Å². The Hall–Kier alpha value is -1.31. The Morgan fingerprint density at radius 2 is 1.95 bits per heavy atom. The Labute approximate surface area is 135 Å². The first-order valence-corrected chi connectivity index (χ1v) is 8.39. The van der Waals surface area contributed by atoms with Gasteiger partial charge in [0.05, 0.1) is 15.1 Å². The van der Waals surface area contributed by atoms with Crippen LogP contribution in [0.15, 0.2) is 39.7 Å². The minimum Gasteiger partial charge on any atom is -0.398 e. The van der Waals surface area contributed by atoms with E-state index in [2.05, 4.69) is 20.7 Å². The molecule has 0 aliphatic rings. The number of halogens is 3. The number of anilines is 2. The first-order valence-electron chi connectivity index (χ1n) is 5.74. The summed E-state index contributed by atoms with van der Waals surface area (Å²) in [6.07, 6.45) is 0. The first kappa shape index (κ1) is 16.1. The summed E-state index contributed by atoms with van der Waals surface area (Å²) in [5, 5.41) is 0.221. The van der Waals surface area contributed by atoms with Gasteiger partial charge in [0.2, 0.25) is 0 Å². The second-order valence-corrected chi connectivity index (χ2v) is 7.29. The van der Waals surface area contributed by atoms with Crippen molar-refractivity contribution in [3.63, 3.8) is 0 Å². The molecule has 0 heterocycles. The lowest BCUT2D eigenvalue weighted by Crippen LogP contribution is -2.15. The second kappa shape index (κ2) is 5.82. The molecule has 0 atom stereocenters. The van der Waals surface area contributed by atoms with Crippen LogP contribution in [-0.2, 0) is 10.0 Å². The van der Waals surface area contributed by atoms with E-state index in [-0.39, 0.29) is 25.8 Å². The van der Waals surface area contributed by atoms with Crippen LogP contribution in [0.2, 0.25) is 5.02 Å². The lowest BCUT2D eigenvalue weighted by Gasteiger charge is -2.12. The minimum atomic E-state index is -3.88. The van der Waals surface area contributed by atoms with Crippen molar-refractivity contribution in [2.75, 3.05) is 10.5 Å². The number of hydrogen-bond donors (Lipinski definition) is 2. The third-order valence-corrected chi connectivity index (χ3v) is 5.16. The second-order valence-electron chi connectivity index (χ2n) is 4.35. The van der Waals surface area contributed by atoms with Crippen LogP contribution in [0.1, 0.15) is 5.56 Å². The van der Waals surface area contributed by atoms with Crippen molar-refractivity contribution >= 4 is 48.9 Å².